The first kappa shape index (κ1) is 12.5. The van der Waals surface area contributed by atoms with Crippen LogP contribution in [0.25, 0.3) is 0 Å². The van der Waals surface area contributed by atoms with Gasteiger partial charge < -0.3 is 5.73 Å². The van der Waals surface area contributed by atoms with Crippen molar-refractivity contribution in [2.75, 3.05) is 13.6 Å². The lowest BCUT2D eigenvalue weighted by molar-refractivity contribution is 0.156. The van der Waals surface area contributed by atoms with Crippen LogP contribution in [0.5, 0.6) is 0 Å². The predicted octanol–water partition coefficient (Wildman–Crippen LogP) is 2.51. The van der Waals surface area contributed by atoms with Crippen molar-refractivity contribution in [2.24, 2.45) is 5.73 Å². The Morgan fingerprint density at radius 2 is 1.80 bits per heavy atom. The second-order valence-corrected chi connectivity index (χ2v) is 4.94. The number of halogens is 1. The van der Waals surface area contributed by atoms with Crippen molar-refractivity contribution in [3.8, 4) is 0 Å². The summed E-state index contributed by atoms with van der Waals surface area (Å²) >= 11 is 5.83. The molecule has 1 aromatic carbocycles. The van der Waals surface area contributed by atoms with Crippen molar-refractivity contribution in [1.82, 2.24) is 4.90 Å². The Hall–Kier alpha value is -0.570. The lowest BCUT2D eigenvalue weighted by Gasteiger charge is -2.34. The molecule has 0 saturated carbocycles. The highest BCUT2D eigenvalue weighted by Gasteiger charge is 2.21. The van der Waals surface area contributed by atoms with Crippen LogP contribution in [0.2, 0.25) is 5.02 Å². The van der Waals surface area contributed by atoms with Crippen molar-refractivity contribution >= 4 is 11.6 Å². The van der Waals surface area contributed by atoms with Crippen LogP contribution in [0.1, 0.15) is 19.4 Å². The van der Waals surface area contributed by atoms with Crippen LogP contribution < -0.4 is 5.73 Å². The highest BCUT2D eigenvalue weighted by Crippen LogP contribution is 2.16. The van der Waals surface area contributed by atoms with Crippen LogP contribution in [0.15, 0.2) is 24.3 Å². The van der Waals surface area contributed by atoms with Crippen molar-refractivity contribution < 1.29 is 0 Å². The third-order valence-electron chi connectivity index (χ3n) is 2.87. The molecular formula is C12H19ClN2. The maximum atomic E-state index is 5.83. The standard InChI is InChI=1S/C12H19ClN2/c1-12(2,9-14)15(3)8-10-4-6-11(13)7-5-10/h4-7H,8-9,14H2,1-3H3. The van der Waals surface area contributed by atoms with E-state index in [0.717, 1.165) is 11.6 Å². The van der Waals surface area contributed by atoms with Gasteiger partial charge >= 0.3 is 0 Å². The molecule has 0 aliphatic rings. The van der Waals surface area contributed by atoms with Gasteiger partial charge in [0.05, 0.1) is 0 Å². The van der Waals surface area contributed by atoms with Crippen LogP contribution in [0.4, 0.5) is 0 Å². The number of nitrogens with zero attached hydrogens (tertiary/aromatic N) is 1. The molecule has 0 aliphatic heterocycles. The molecule has 1 rings (SSSR count). The van der Waals surface area contributed by atoms with Crippen molar-refractivity contribution in [3.05, 3.63) is 34.9 Å². The molecule has 0 unspecified atom stereocenters. The number of likely N-dealkylation sites (N-methyl/N-ethyl adjacent to an activating group) is 1. The van der Waals surface area contributed by atoms with E-state index in [9.17, 15) is 0 Å². The van der Waals surface area contributed by atoms with Gasteiger partial charge in [-0.3, -0.25) is 4.90 Å². The summed E-state index contributed by atoms with van der Waals surface area (Å²) in [6.07, 6.45) is 0. The number of hydrogen-bond donors (Lipinski definition) is 1. The molecule has 84 valence electrons. The minimum absolute atomic E-state index is 0.0274. The fourth-order valence-corrected chi connectivity index (χ4v) is 1.36. The molecule has 0 radical (unpaired) electrons. The lowest BCUT2D eigenvalue weighted by atomic mass is 10.0. The zero-order valence-electron chi connectivity index (χ0n) is 9.63. The summed E-state index contributed by atoms with van der Waals surface area (Å²) in [6.45, 7) is 5.82. The van der Waals surface area contributed by atoms with Gasteiger partial charge in [0.25, 0.3) is 0 Å². The summed E-state index contributed by atoms with van der Waals surface area (Å²) in [4.78, 5) is 2.25. The van der Waals surface area contributed by atoms with Gasteiger partial charge in [-0.05, 0) is 38.6 Å². The molecular weight excluding hydrogens is 208 g/mol. The fraction of sp³-hybridized carbons (Fsp3) is 0.500. The number of hydrogen-bond acceptors (Lipinski definition) is 2. The fourth-order valence-electron chi connectivity index (χ4n) is 1.23. The Morgan fingerprint density at radius 1 is 1.27 bits per heavy atom. The Bertz CT molecular complexity index is 306. The van der Waals surface area contributed by atoms with Gasteiger partial charge in [0.1, 0.15) is 0 Å². The second kappa shape index (κ2) is 4.97. The van der Waals surface area contributed by atoms with Crippen molar-refractivity contribution in [2.45, 2.75) is 25.9 Å². The second-order valence-electron chi connectivity index (χ2n) is 4.50. The molecule has 0 aromatic heterocycles. The molecule has 0 spiro atoms. The van der Waals surface area contributed by atoms with Gasteiger partial charge in [-0.1, -0.05) is 23.7 Å². The van der Waals surface area contributed by atoms with Crippen LogP contribution in [0, 0.1) is 0 Å². The maximum absolute atomic E-state index is 5.83. The zero-order valence-corrected chi connectivity index (χ0v) is 10.4. The summed E-state index contributed by atoms with van der Waals surface area (Å²) in [6, 6.07) is 7.93. The van der Waals surface area contributed by atoms with E-state index in [-0.39, 0.29) is 5.54 Å². The van der Waals surface area contributed by atoms with E-state index in [1.54, 1.807) is 0 Å². The summed E-state index contributed by atoms with van der Waals surface area (Å²) in [5, 5.41) is 0.777. The molecule has 0 saturated heterocycles. The monoisotopic (exact) mass is 226 g/mol. The normalized spacial score (nSPS) is 12.1. The predicted molar refractivity (Wildman–Crippen MR) is 66.1 cm³/mol. The summed E-state index contributed by atoms with van der Waals surface area (Å²) in [5.74, 6) is 0. The van der Waals surface area contributed by atoms with Crippen LogP contribution in [0.3, 0.4) is 0 Å². The van der Waals surface area contributed by atoms with E-state index >= 15 is 0 Å². The number of benzene rings is 1. The molecule has 0 fully saturated rings. The molecule has 2 nitrogen and oxygen atoms in total. The minimum atomic E-state index is 0.0274. The van der Waals surface area contributed by atoms with Gasteiger partial charge in [0, 0.05) is 23.7 Å². The average Bonchev–Trinajstić information content (AvgIpc) is 2.21. The summed E-state index contributed by atoms with van der Waals surface area (Å²) < 4.78 is 0. The highest BCUT2D eigenvalue weighted by atomic mass is 35.5. The molecule has 0 heterocycles. The molecule has 15 heavy (non-hydrogen) atoms. The molecule has 0 aliphatic carbocycles. The van der Waals surface area contributed by atoms with Gasteiger partial charge in [0.2, 0.25) is 0 Å². The molecule has 0 bridgehead atoms. The first-order chi connectivity index (χ1) is 6.95. The Kier molecular flexibility index (Phi) is 4.14. The topological polar surface area (TPSA) is 29.3 Å². The molecule has 0 atom stereocenters. The third kappa shape index (κ3) is 3.49. The van der Waals surface area contributed by atoms with E-state index < -0.39 is 0 Å². The Labute approximate surface area is 97.0 Å². The van der Waals surface area contributed by atoms with E-state index in [4.69, 9.17) is 17.3 Å². The number of nitrogens with two attached hydrogens (primary N) is 1. The summed E-state index contributed by atoms with van der Waals surface area (Å²) in [5.41, 5.74) is 7.00. The van der Waals surface area contributed by atoms with Crippen LogP contribution in [-0.4, -0.2) is 24.0 Å². The van der Waals surface area contributed by atoms with Crippen LogP contribution in [-0.2, 0) is 6.54 Å². The number of rotatable bonds is 4. The lowest BCUT2D eigenvalue weighted by Crippen LogP contribution is -2.46. The van der Waals surface area contributed by atoms with Gasteiger partial charge in [-0.25, -0.2) is 0 Å². The quantitative estimate of drug-likeness (QED) is 0.855. The Morgan fingerprint density at radius 3 is 2.27 bits per heavy atom. The maximum Gasteiger partial charge on any atom is 0.0406 e. The first-order valence-corrected chi connectivity index (χ1v) is 5.49. The molecule has 1 aromatic rings. The average molecular weight is 227 g/mol. The van der Waals surface area contributed by atoms with E-state index in [1.807, 2.05) is 24.3 Å². The first-order valence-electron chi connectivity index (χ1n) is 5.11. The van der Waals surface area contributed by atoms with E-state index in [1.165, 1.54) is 5.56 Å². The van der Waals surface area contributed by atoms with Gasteiger partial charge in [-0.2, -0.15) is 0 Å². The smallest absolute Gasteiger partial charge is 0.0406 e. The SMILES string of the molecule is CN(Cc1ccc(Cl)cc1)C(C)(C)CN. The third-order valence-corrected chi connectivity index (χ3v) is 3.12. The van der Waals surface area contributed by atoms with Gasteiger partial charge in [-0.15, -0.1) is 0 Å². The largest absolute Gasteiger partial charge is 0.329 e. The molecule has 2 N–H and O–H groups in total. The minimum Gasteiger partial charge on any atom is -0.329 e. The van der Waals surface area contributed by atoms with Crippen molar-refractivity contribution in [3.63, 3.8) is 0 Å². The van der Waals surface area contributed by atoms with Crippen LogP contribution >= 0.6 is 11.6 Å². The molecule has 3 heteroatoms. The highest BCUT2D eigenvalue weighted by molar-refractivity contribution is 6.30. The molecule has 0 amide bonds. The van der Waals surface area contributed by atoms with E-state index in [0.29, 0.717) is 6.54 Å². The summed E-state index contributed by atoms with van der Waals surface area (Å²) in [7, 11) is 2.08. The van der Waals surface area contributed by atoms with Gasteiger partial charge in [0.15, 0.2) is 0 Å². The van der Waals surface area contributed by atoms with E-state index in [2.05, 4.69) is 25.8 Å². The van der Waals surface area contributed by atoms with Crippen molar-refractivity contribution in [1.29, 1.82) is 0 Å². The Balaban J connectivity index is 2.66. The zero-order chi connectivity index (χ0) is 11.5.